The third-order valence-electron chi connectivity index (χ3n) is 2.44. The van der Waals surface area contributed by atoms with Crippen molar-refractivity contribution in [3.63, 3.8) is 0 Å². The molecule has 0 fully saturated rings. The lowest BCUT2D eigenvalue weighted by atomic mass is 10.3. The number of aliphatic hydroxyl groups is 1. The SMILES string of the molecule is CCCn1cc([N+](=O)[O-])cc1C(=O)NC(C)CO. The van der Waals surface area contributed by atoms with Gasteiger partial charge in [-0.2, -0.15) is 0 Å². The third-order valence-corrected chi connectivity index (χ3v) is 2.44. The zero-order valence-electron chi connectivity index (χ0n) is 10.4. The van der Waals surface area contributed by atoms with Crippen LogP contribution in [0, 0.1) is 10.1 Å². The number of amides is 1. The summed E-state index contributed by atoms with van der Waals surface area (Å²) < 4.78 is 1.55. The van der Waals surface area contributed by atoms with E-state index >= 15 is 0 Å². The first-order valence-corrected chi connectivity index (χ1v) is 5.75. The van der Waals surface area contributed by atoms with Crippen molar-refractivity contribution in [3.05, 3.63) is 28.1 Å². The van der Waals surface area contributed by atoms with Crippen LogP contribution in [0.2, 0.25) is 0 Å². The molecule has 0 radical (unpaired) electrons. The Kier molecular flexibility index (Phi) is 4.85. The number of carbonyl (C=O) groups is 1. The predicted molar refractivity (Wildman–Crippen MR) is 65.4 cm³/mol. The number of aromatic nitrogens is 1. The maximum absolute atomic E-state index is 11.9. The zero-order valence-corrected chi connectivity index (χ0v) is 10.4. The normalized spacial score (nSPS) is 12.2. The molecule has 1 aromatic heterocycles. The van der Waals surface area contributed by atoms with Crippen LogP contribution in [-0.2, 0) is 6.54 Å². The zero-order chi connectivity index (χ0) is 13.7. The highest BCUT2D eigenvalue weighted by molar-refractivity contribution is 5.93. The molecule has 1 heterocycles. The van der Waals surface area contributed by atoms with E-state index in [0.717, 1.165) is 6.42 Å². The fourth-order valence-electron chi connectivity index (χ4n) is 1.55. The van der Waals surface area contributed by atoms with Crippen LogP contribution in [0.25, 0.3) is 0 Å². The van der Waals surface area contributed by atoms with Crippen LogP contribution in [0.15, 0.2) is 12.3 Å². The van der Waals surface area contributed by atoms with Crippen molar-refractivity contribution in [2.45, 2.75) is 32.9 Å². The van der Waals surface area contributed by atoms with E-state index < -0.39 is 10.8 Å². The Bertz CT molecular complexity index is 441. The molecule has 18 heavy (non-hydrogen) atoms. The topological polar surface area (TPSA) is 97.4 Å². The van der Waals surface area contributed by atoms with Crippen molar-refractivity contribution in [2.24, 2.45) is 0 Å². The third kappa shape index (κ3) is 3.30. The first-order valence-electron chi connectivity index (χ1n) is 5.75. The molecule has 0 aromatic carbocycles. The number of nitrogens with zero attached hydrogens (tertiary/aromatic N) is 2. The van der Waals surface area contributed by atoms with Crippen molar-refractivity contribution in [1.29, 1.82) is 0 Å². The molecule has 1 unspecified atom stereocenters. The van der Waals surface area contributed by atoms with Crippen LogP contribution in [-0.4, -0.2) is 33.2 Å². The predicted octanol–water partition coefficient (Wildman–Crippen LogP) is 0.917. The summed E-state index contributed by atoms with van der Waals surface area (Å²) in [6.07, 6.45) is 2.11. The van der Waals surface area contributed by atoms with Crippen molar-refractivity contribution < 1.29 is 14.8 Å². The summed E-state index contributed by atoms with van der Waals surface area (Å²) in [5, 5.41) is 22.1. The molecule has 1 atom stereocenters. The van der Waals surface area contributed by atoms with Gasteiger partial charge in [0.25, 0.3) is 11.6 Å². The molecule has 2 N–H and O–H groups in total. The van der Waals surface area contributed by atoms with Gasteiger partial charge in [-0.1, -0.05) is 6.92 Å². The van der Waals surface area contributed by atoms with Crippen LogP contribution < -0.4 is 5.32 Å². The second-order valence-corrected chi connectivity index (χ2v) is 4.09. The van der Waals surface area contributed by atoms with Gasteiger partial charge >= 0.3 is 0 Å². The number of hydrogen-bond donors (Lipinski definition) is 2. The Morgan fingerprint density at radius 3 is 2.83 bits per heavy atom. The van der Waals surface area contributed by atoms with E-state index in [1.165, 1.54) is 12.3 Å². The quantitative estimate of drug-likeness (QED) is 0.583. The van der Waals surface area contributed by atoms with Crippen LogP contribution >= 0.6 is 0 Å². The first kappa shape index (κ1) is 14.2. The fourth-order valence-corrected chi connectivity index (χ4v) is 1.55. The smallest absolute Gasteiger partial charge is 0.287 e. The molecule has 0 aliphatic carbocycles. The van der Waals surface area contributed by atoms with Crippen LogP contribution in [0.1, 0.15) is 30.8 Å². The van der Waals surface area contributed by atoms with Crippen LogP contribution in [0.5, 0.6) is 0 Å². The van der Waals surface area contributed by atoms with Gasteiger partial charge in [0.15, 0.2) is 0 Å². The van der Waals surface area contributed by atoms with Crippen molar-refractivity contribution in [2.75, 3.05) is 6.61 Å². The molecule has 100 valence electrons. The van der Waals surface area contributed by atoms with Crippen LogP contribution in [0.3, 0.4) is 0 Å². The van der Waals surface area contributed by atoms with Gasteiger partial charge in [0, 0.05) is 18.7 Å². The summed E-state index contributed by atoms with van der Waals surface area (Å²) in [4.78, 5) is 22.0. The number of rotatable bonds is 6. The number of aliphatic hydroxyl groups excluding tert-OH is 1. The Balaban J connectivity index is 2.97. The van der Waals surface area contributed by atoms with Gasteiger partial charge in [0.05, 0.1) is 17.7 Å². The van der Waals surface area contributed by atoms with E-state index in [4.69, 9.17) is 5.11 Å². The lowest BCUT2D eigenvalue weighted by molar-refractivity contribution is -0.384. The maximum Gasteiger partial charge on any atom is 0.287 e. The number of hydrogen-bond acceptors (Lipinski definition) is 4. The number of aryl methyl sites for hydroxylation is 1. The van der Waals surface area contributed by atoms with Gasteiger partial charge in [-0.25, -0.2) is 0 Å². The summed E-state index contributed by atoms with van der Waals surface area (Å²) in [5.41, 5.74) is 0.133. The molecule has 1 amide bonds. The largest absolute Gasteiger partial charge is 0.394 e. The average Bonchev–Trinajstić information content (AvgIpc) is 2.73. The monoisotopic (exact) mass is 255 g/mol. The number of nitro groups is 1. The molecule has 0 spiro atoms. The van der Waals surface area contributed by atoms with Crippen molar-refractivity contribution in [3.8, 4) is 0 Å². The molecule has 7 heteroatoms. The van der Waals surface area contributed by atoms with E-state index in [-0.39, 0.29) is 24.0 Å². The second kappa shape index (κ2) is 6.15. The van der Waals surface area contributed by atoms with E-state index in [0.29, 0.717) is 6.54 Å². The van der Waals surface area contributed by atoms with Crippen LogP contribution in [0.4, 0.5) is 5.69 Å². The molecule has 0 bridgehead atoms. The molecule has 1 rings (SSSR count). The molecule has 0 aliphatic rings. The second-order valence-electron chi connectivity index (χ2n) is 4.09. The summed E-state index contributed by atoms with van der Waals surface area (Å²) in [6.45, 7) is 3.93. The molecule has 0 saturated carbocycles. The first-order chi connectivity index (χ1) is 8.49. The number of nitrogens with one attached hydrogen (secondary N) is 1. The summed E-state index contributed by atoms with van der Waals surface area (Å²) in [5.74, 6) is -0.418. The Labute approximate surface area is 105 Å². The van der Waals surface area contributed by atoms with Gasteiger partial charge in [0.2, 0.25) is 0 Å². The van der Waals surface area contributed by atoms with E-state index in [1.54, 1.807) is 11.5 Å². The number of carbonyl (C=O) groups excluding carboxylic acids is 1. The molecular formula is C11H17N3O4. The highest BCUT2D eigenvalue weighted by atomic mass is 16.6. The highest BCUT2D eigenvalue weighted by Gasteiger charge is 2.19. The van der Waals surface area contributed by atoms with Gasteiger partial charge in [0.1, 0.15) is 5.69 Å². The minimum atomic E-state index is -0.529. The fraction of sp³-hybridized carbons (Fsp3) is 0.545. The molecule has 1 aromatic rings. The molecule has 7 nitrogen and oxygen atoms in total. The lowest BCUT2D eigenvalue weighted by Gasteiger charge is -2.12. The van der Waals surface area contributed by atoms with E-state index in [9.17, 15) is 14.9 Å². The Morgan fingerprint density at radius 1 is 1.67 bits per heavy atom. The molecular weight excluding hydrogens is 238 g/mol. The molecule has 0 saturated heterocycles. The lowest BCUT2D eigenvalue weighted by Crippen LogP contribution is -2.36. The standard InChI is InChI=1S/C11H17N3O4/c1-3-4-13-6-9(14(17)18)5-10(13)11(16)12-8(2)7-15/h5-6,8,15H,3-4,7H2,1-2H3,(H,12,16). The maximum atomic E-state index is 11.9. The van der Waals surface area contributed by atoms with Crippen molar-refractivity contribution in [1.82, 2.24) is 9.88 Å². The summed E-state index contributed by atoms with van der Waals surface area (Å²) in [7, 11) is 0. The van der Waals surface area contributed by atoms with Gasteiger partial charge in [-0.05, 0) is 13.3 Å². The summed E-state index contributed by atoms with van der Waals surface area (Å²) >= 11 is 0. The van der Waals surface area contributed by atoms with Gasteiger partial charge in [-0.15, -0.1) is 0 Å². The van der Waals surface area contributed by atoms with Gasteiger partial charge < -0.3 is 15.0 Å². The summed E-state index contributed by atoms with van der Waals surface area (Å²) in [6, 6.07) is 0.858. The Morgan fingerprint density at radius 2 is 2.33 bits per heavy atom. The minimum Gasteiger partial charge on any atom is -0.394 e. The van der Waals surface area contributed by atoms with E-state index in [2.05, 4.69) is 5.32 Å². The van der Waals surface area contributed by atoms with Crippen molar-refractivity contribution >= 4 is 11.6 Å². The highest BCUT2D eigenvalue weighted by Crippen LogP contribution is 2.17. The minimum absolute atomic E-state index is 0.106. The Hall–Kier alpha value is -1.89. The van der Waals surface area contributed by atoms with Gasteiger partial charge in [-0.3, -0.25) is 14.9 Å². The average molecular weight is 255 g/mol. The van der Waals surface area contributed by atoms with E-state index in [1.807, 2.05) is 6.92 Å². The molecule has 0 aliphatic heterocycles.